The summed E-state index contributed by atoms with van der Waals surface area (Å²) >= 11 is 0. The summed E-state index contributed by atoms with van der Waals surface area (Å²) in [7, 11) is 0. The van der Waals surface area contributed by atoms with Gasteiger partial charge in [0.15, 0.2) is 0 Å². The maximum atomic E-state index is 14.4. The van der Waals surface area contributed by atoms with E-state index in [9.17, 15) is 24.5 Å². The molecule has 2 aromatic rings. The molecule has 0 spiro atoms. The summed E-state index contributed by atoms with van der Waals surface area (Å²) in [4.78, 5) is 22.1. The fourth-order valence-corrected chi connectivity index (χ4v) is 8.49. The summed E-state index contributed by atoms with van der Waals surface area (Å²) < 4.78 is 28.1. The average molecular weight is 691 g/mol. The van der Waals surface area contributed by atoms with Crippen LogP contribution in [-0.4, -0.2) is 70.1 Å². The molecule has 4 aliphatic rings. The molecular formula is C40H51FN2O7. The van der Waals surface area contributed by atoms with Gasteiger partial charge in [0.2, 0.25) is 11.7 Å². The Balaban J connectivity index is 1.58. The van der Waals surface area contributed by atoms with Crippen molar-refractivity contribution in [3.05, 3.63) is 83.7 Å². The number of phenolic OH excluding ortho intramolecular Hbond substituents is 1. The zero-order chi connectivity index (χ0) is 35.3. The molecule has 9 nitrogen and oxygen atoms in total. The van der Waals surface area contributed by atoms with Gasteiger partial charge in [-0.2, -0.15) is 0 Å². The van der Waals surface area contributed by atoms with Crippen molar-refractivity contribution in [2.24, 2.45) is 28.8 Å². The molecule has 3 aliphatic carbocycles. The van der Waals surface area contributed by atoms with Gasteiger partial charge in [-0.25, -0.2) is 4.39 Å². The number of halogens is 1. The van der Waals surface area contributed by atoms with E-state index in [0.717, 1.165) is 60.9 Å². The number of ether oxygens (including phenoxy) is 2. The third-order valence-corrected chi connectivity index (χ3v) is 10.8. The van der Waals surface area contributed by atoms with Crippen LogP contribution in [0.3, 0.4) is 0 Å². The van der Waals surface area contributed by atoms with Gasteiger partial charge in [-0.05, 0) is 98.8 Å². The molecule has 6 unspecified atom stereocenters. The van der Waals surface area contributed by atoms with Crippen LogP contribution in [0.2, 0.25) is 0 Å². The number of benzene rings is 2. The standard InChI is InChI=1S/C40H51FN2O7/c1-3-21-48-40-36(43(39(47)27-13-14-27)25-26-11-15-29(41)16-12-26)24-34(42-49-4-2)32-22-28(9-5-7-19-44)31(10-6-8-20-45)37(38(32)40)33-23-30(46)17-18-35(33)50-40/h3,11-12,15-18,22-23,27-28,31,36-38,44-46H,1,4-10,13-14,19-21,24-25H2,2H3. The maximum Gasteiger partial charge on any atom is 0.239 e. The molecule has 0 bridgehead atoms. The summed E-state index contributed by atoms with van der Waals surface area (Å²) in [5, 5.41) is 35.0. The lowest BCUT2D eigenvalue weighted by atomic mass is 9.55. The van der Waals surface area contributed by atoms with Crippen LogP contribution in [0.4, 0.5) is 4.39 Å². The molecule has 6 atom stereocenters. The van der Waals surface area contributed by atoms with E-state index >= 15 is 0 Å². The minimum Gasteiger partial charge on any atom is -0.508 e. The summed E-state index contributed by atoms with van der Waals surface area (Å²) in [5.41, 5.74) is 3.34. The number of phenols is 1. The number of hydrogen-bond acceptors (Lipinski definition) is 8. The van der Waals surface area contributed by atoms with Gasteiger partial charge in [0.05, 0.1) is 18.2 Å². The van der Waals surface area contributed by atoms with E-state index in [0.29, 0.717) is 31.6 Å². The predicted octanol–water partition coefficient (Wildman–Crippen LogP) is 6.62. The highest BCUT2D eigenvalue weighted by molar-refractivity contribution is 6.03. The Kier molecular flexibility index (Phi) is 11.6. The Hall–Kier alpha value is -3.73. The number of hydrogen-bond donors (Lipinski definition) is 3. The van der Waals surface area contributed by atoms with Gasteiger partial charge in [-0.1, -0.05) is 42.3 Å². The molecule has 2 aromatic carbocycles. The second kappa shape index (κ2) is 16.1. The molecule has 50 heavy (non-hydrogen) atoms. The molecule has 270 valence electrons. The third-order valence-electron chi connectivity index (χ3n) is 10.8. The summed E-state index contributed by atoms with van der Waals surface area (Å²) in [6, 6.07) is 10.8. The van der Waals surface area contributed by atoms with Gasteiger partial charge in [-0.15, -0.1) is 6.58 Å². The number of rotatable bonds is 17. The van der Waals surface area contributed by atoms with E-state index in [1.807, 2.05) is 11.8 Å². The van der Waals surface area contributed by atoms with E-state index < -0.39 is 17.7 Å². The van der Waals surface area contributed by atoms with Crippen molar-refractivity contribution in [3.63, 3.8) is 0 Å². The number of aromatic hydroxyl groups is 1. The van der Waals surface area contributed by atoms with Crippen LogP contribution in [0.15, 0.2) is 71.9 Å². The Bertz CT molecular complexity index is 1560. The zero-order valence-corrected chi connectivity index (χ0v) is 29.0. The minimum atomic E-state index is -1.37. The Labute approximate surface area is 294 Å². The average Bonchev–Trinajstić information content (AvgIpc) is 3.97. The molecule has 1 heterocycles. The van der Waals surface area contributed by atoms with Crippen molar-refractivity contribution in [1.82, 2.24) is 4.90 Å². The van der Waals surface area contributed by atoms with Crippen molar-refractivity contribution in [1.29, 1.82) is 0 Å². The molecule has 2 saturated carbocycles. The summed E-state index contributed by atoms with van der Waals surface area (Å²) in [5.74, 6) is -1.58. The molecule has 0 saturated heterocycles. The molecule has 1 amide bonds. The number of carbonyl (C=O) groups is 1. The highest BCUT2D eigenvalue weighted by atomic mass is 19.1. The van der Waals surface area contributed by atoms with Crippen molar-refractivity contribution < 1.29 is 38.8 Å². The lowest BCUT2D eigenvalue weighted by molar-refractivity contribution is -0.258. The number of unbranched alkanes of at least 4 members (excludes halogenated alkanes) is 2. The second-order valence-corrected chi connectivity index (χ2v) is 14.1. The first kappa shape index (κ1) is 36.1. The number of aliphatic hydroxyl groups is 2. The van der Waals surface area contributed by atoms with Crippen molar-refractivity contribution in [3.8, 4) is 11.5 Å². The number of amides is 1. The molecule has 2 fully saturated rings. The summed E-state index contributed by atoms with van der Waals surface area (Å²) in [6.45, 7) is 6.82. The van der Waals surface area contributed by atoms with E-state index in [1.54, 1.807) is 36.4 Å². The van der Waals surface area contributed by atoms with Gasteiger partial charge < -0.3 is 34.5 Å². The first-order valence-corrected chi connectivity index (χ1v) is 18.3. The van der Waals surface area contributed by atoms with E-state index in [-0.39, 0.29) is 67.5 Å². The molecule has 0 radical (unpaired) electrons. The topological polar surface area (TPSA) is 121 Å². The normalized spacial score (nSPS) is 27.5. The number of carbonyl (C=O) groups excluding carboxylic acids is 1. The fraction of sp³-hybridized carbons (Fsp3) is 0.550. The molecule has 6 rings (SSSR count). The Morgan fingerprint density at radius 1 is 1.10 bits per heavy atom. The number of oxime groups is 1. The molecular weight excluding hydrogens is 639 g/mol. The smallest absolute Gasteiger partial charge is 0.239 e. The van der Waals surface area contributed by atoms with Gasteiger partial charge in [0, 0.05) is 43.6 Å². The number of nitrogens with zero attached hydrogens (tertiary/aromatic N) is 2. The fourth-order valence-electron chi connectivity index (χ4n) is 8.49. The van der Waals surface area contributed by atoms with Crippen LogP contribution in [-0.2, 0) is 20.9 Å². The molecule has 10 heteroatoms. The maximum absolute atomic E-state index is 14.4. The van der Waals surface area contributed by atoms with Gasteiger partial charge >= 0.3 is 0 Å². The van der Waals surface area contributed by atoms with Crippen LogP contribution in [0.5, 0.6) is 11.5 Å². The zero-order valence-electron chi connectivity index (χ0n) is 29.0. The first-order chi connectivity index (χ1) is 24.3. The molecule has 0 aromatic heterocycles. The lowest BCUT2D eigenvalue weighted by Gasteiger charge is -2.60. The Morgan fingerprint density at radius 2 is 1.84 bits per heavy atom. The highest BCUT2D eigenvalue weighted by Gasteiger charge is 2.65. The van der Waals surface area contributed by atoms with Crippen LogP contribution >= 0.6 is 0 Å². The van der Waals surface area contributed by atoms with Crippen LogP contribution < -0.4 is 4.74 Å². The van der Waals surface area contributed by atoms with E-state index in [4.69, 9.17) is 19.5 Å². The highest BCUT2D eigenvalue weighted by Crippen LogP contribution is 2.62. The van der Waals surface area contributed by atoms with E-state index in [1.165, 1.54) is 12.1 Å². The van der Waals surface area contributed by atoms with Gasteiger partial charge in [0.25, 0.3) is 0 Å². The van der Waals surface area contributed by atoms with Crippen molar-refractivity contribution in [2.45, 2.75) is 89.0 Å². The monoisotopic (exact) mass is 690 g/mol. The van der Waals surface area contributed by atoms with Gasteiger partial charge in [0.1, 0.15) is 30.0 Å². The SMILES string of the molecule is C=CCOC12Oc3ccc(O)cc3C3C(CCCCO)C(CCCCO)C=C(C(=NOCC)CC1N(Cc1ccc(F)cc1)C(=O)C1CC1)C32. The predicted molar refractivity (Wildman–Crippen MR) is 188 cm³/mol. The quantitative estimate of drug-likeness (QED) is 0.0969. The van der Waals surface area contributed by atoms with Gasteiger partial charge in [-0.3, -0.25) is 4.79 Å². The van der Waals surface area contributed by atoms with Crippen molar-refractivity contribution in [2.75, 3.05) is 26.4 Å². The first-order valence-electron chi connectivity index (χ1n) is 18.3. The number of fused-ring (bicyclic) bond motifs is 2. The van der Waals surface area contributed by atoms with Crippen LogP contribution in [0.25, 0.3) is 0 Å². The van der Waals surface area contributed by atoms with Crippen LogP contribution in [0, 0.1) is 29.5 Å². The third kappa shape index (κ3) is 7.34. The summed E-state index contributed by atoms with van der Waals surface area (Å²) in [6.07, 6.45) is 10.5. The lowest BCUT2D eigenvalue weighted by Crippen LogP contribution is -2.70. The van der Waals surface area contributed by atoms with E-state index in [2.05, 4.69) is 12.7 Å². The largest absolute Gasteiger partial charge is 0.508 e. The molecule has 3 N–H and O–H groups in total. The molecule has 1 aliphatic heterocycles. The number of aliphatic hydroxyl groups excluding tert-OH is 2. The van der Waals surface area contributed by atoms with Crippen molar-refractivity contribution >= 4 is 11.6 Å². The minimum absolute atomic E-state index is 0.00192. The second-order valence-electron chi connectivity index (χ2n) is 14.1. The number of allylic oxidation sites excluding steroid dienone is 1. The Morgan fingerprint density at radius 3 is 2.52 bits per heavy atom. The van der Waals surface area contributed by atoms with Crippen LogP contribution in [0.1, 0.15) is 81.8 Å².